The van der Waals surface area contributed by atoms with Gasteiger partial charge in [-0.1, -0.05) is 6.92 Å². The number of rotatable bonds is 9. The fraction of sp³-hybridized carbons (Fsp3) is 0.600. The van der Waals surface area contributed by atoms with Crippen molar-refractivity contribution in [2.75, 3.05) is 32.8 Å². The summed E-state index contributed by atoms with van der Waals surface area (Å²) in [5, 5.41) is 9.99. The Bertz CT molecular complexity index is 381. The second-order valence-electron chi connectivity index (χ2n) is 4.64. The van der Waals surface area contributed by atoms with Crippen LogP contribution in [-0.4, -0.2) is 42.9 Å². The predicted molar refractivity (Wildman–Crippen MR) is 74.5 cm³/mol. The zero-order chi connectivity index (χ0) is 15.0. The average Bonchev–Trinajstić information content (AvgIpc) is 2.41. The number of aliphatic hydroxyl groups is 1. The molecule has 1 N–H and O–H groups in total. The van der Waals surface area contributed by atoms with Crippen LogP contribution in [0.15, 0.2) is 18.2 Å². The molecule has 20 heavy (non-hydrogen) atoms. The molecule has 1 atom stereocenters. The summed E-state index contributed by atoms with van der Waals surface area (Å²) in [5.74, 6) is -1.33. The van der Waals surface area contributed by atoms with Crippen LogP contribution in [0.5, 0.6) is 0 Å². The van der Waals surface area contributed by atoms with Gasteiger partial charge in [-0.25, -0.2) is 8.78 Å². The standard InChI is InChI=1S/C15H23F2NO2/c1-3-18(7-8-20-4-2)6-5-15(19)12-9-13(16)11-14(17)10-12/h9-11,15,19H,3-8H2,1-2H3. The quantitative estimate of drug-likeness (QED) is 0.709. The lowest BCUT2D eigenvalue weighted by atomic mass is 10.1. The molecule has 0 saturated heterocycles. The maximum Gasteiger partial charge on any atom is 0.126 e. The van der Waals surface area contributed by atoms with E-state index in [1.54, 1.807) is 0 Å². The van der Waals surface area contributed by atoms with Gasteiger partial charge in [0.05, 0.1) is 12.7 Å². The average molecular weight is 287 g/mol. The number of benzene rings is 1. The molecular formula is C15H23F2NO2. The molecule has 1 rings (SSSR count). The van der Waals surface area contributed by atoms with Crippen molar-refractivity contribution in [1.29, 1.82) is 0 Å². The van der Waals surface area contributed by atoms with Gasteiger partial charge in [-0.15, -0.1) is 0 Å². The molecule has 0 radical (unpaired) electrons. The van der Waals surface area contributed by atoms with Crippen LogP contribution in [0.2, 0.25) is 0 Å². The van der Waals surface area contributed by atoms with E-state index in [0.29, 0.717) is 26.2 Å². The highest BCUT2D eigenvalue weighted by Gasteiger charge is 2.12. The molecule has 0 aliphatic heterocycles. The molecule has 1 unspecified atom stereocenters. The van der Waals surface area contributed by atoms with Crippen LogP contribution in [0, 0.1) is 11.6 Å². The van der Waals surface area contributed by atoms with Crippen molar-refractivity contribution in [1.82, 2.24) is 4.90 Å². The van der Waals surface area contributed by atoms with E-state index in [-0.39, 0.29) is 5.56 Å². The van der Waals surface area contributed by atoms with Crippen molar-refractivity contribution >= 4 is 0 Å². The highest BCUT2D eigenvalue weighted by Crippen LogP contribution is 2.19. The summed E-state index contributed by atoms with van der Waals surface area (Å²) in [6, 6.07) is 3.14. The molecule has 0 heterocycles. The van der Waals surface area contributed by atoms with Crippen molar-refractivity contribution in [3.8, 4) is 0 Å². The van der Waals surface area contributed by atoms with Crippen LogP contribution in [0.25, 0.3) is 0 Å². The van der Waals surface area contributed by atoms with Gasteiger partial charge in [0.15, 0.2) is 0 Å². The van der Waals surface area contributed by atoms with Gasteiger partial charge in [-0.3, -0.25) is 0 Å². The van der Waals surface area contributed by atoms with Crippen LogP contribution >= 0.6 is 0 Å². The second kappa shape index (κ2) is 9.00. The second-order valence-corrected chi connectivity index (χ2v) is 4.64. The van der Waals surface area contributed by atoms with Crippen LogP contribution in [-0.2, 0) is 4.74 Å². The Morgan fingerprint density at radius 1 is 1.15 bits per heavy atom. The molecule has 0 aromatic heterocycles. The first-order chi connectivity index (χ1) is 9.56. The normalized spacial score (nSPS) is 12.9. The SMILES string of the molecule is CCOCCN(CC)CCC(O)c1cc(F)cc(F)c1. The lowest BCUT2D eigenvalue weighted by Gasteiger charge is -2.22. The minimum Gasteiger partial charge on any atom is -0.388 e. The molecule has 0 spiro atoms. The van der Waals surface area contributed by atoms with Crippen molar-refractivity contribution < 1.29 is 18.6 Å². The molecule has 0 amide bonds. The third-order valence-corrected chi connectivity index (χ3v) is 3.19. The first-order valence-corrected chi connectivity index (χ1v) is 7.01. The van der Waals surface area contributed by atoms with Gasteiger partial charge in [0.2, 0.25) is 0 Å². The van der Waals surface area contributed by atoms with Crippen molar-refractivity contribution in [3.63, 3.8) is 0 Å². The Hall–Kier alpha value is -1.04. The monoisotopic (exact) mass is 287 g/mol. The smallest absolute Gasteiger partial charge is 0.126 e. The van der Waals surface area contributed by atoms with Gasteiger partial charge >= 0.3 is 0 Å². The molecule has 1 aromatic carbocycles. The fourth-order valence-corrected chi connectivity index (χ4v) is 2.01. The predicted octanol–water partition coefficient (Wildman–Crippen LogP) is 2.75. The zero-order valence-corrected chi connectivity index (χ0v) is 12.1. The van der Waals surface area contributed by atoms with E-state index < -0.39 is 17.7 Å². The van der Waals surface area contributed by atoms with Crippen LogP contribution < -0.4 is 0 Å². The number of halogens is 2. The summed E-state index contributed by atoms with van der Waals surface area (Å²) < 4.78 is 31.4. The summed E-state index contributed by atoms with van der Waals surface area (Å²) in [6.45, 7) is 7.59. The minimum absolute atomic E-state index is 0.281. The lowest BCUT2D eigenvalue weighted by Crippen LogP contribution is -2.29. The Labute approximate surface area is 119 Å². The van der Waals surface area contributed by atoms with E-state index in [0.717, 1.165) is 19.2 Å². The molecule has 0 saturated carbocycles. The molecule has 0 aliphatic rings. The maximum absolute atomic E-state index is 13.1. The molecular weight excluding hydrogens is 264 g/mol. The van der Waals surface area contributed by atoms with E-state index in [1.165, 1.54) is 12.1 Å². The largest absolute Gasteiger partial charge is 0.388 e. The van der Waals surface area contributed by atoms with E-state index >= 15 is 0 Å². The maximum atomic E-state index is 13.1. The Balaban J connectivity index is 2.46. The summed E-state index contributed by atoms with van der Waals surface area (Å²) in [6.07, 6.45) is -0.426. The van der Waals surface area contributed by atoms with Crippen LogP contribution in [0.1, 0.15) is 31.9 Å². The van der Waals surface area contributed by atoms with E-state index in [4.69, 9.17) is 4.74 Å². The third-order valence-electron chi connectivity index (χ3n) is 3.19. The highest BCUT2D eigenvalue weighted by atomic mass is 19.1. The van der Waals surface area contributed by atoms with Gasteiger partial charge in [0, 0.05) is 25.8 Å². The number of hydrogen-bond acceptors (Lipinski definition) is 3. The number of aliphatic hydroxyl groups excluding tert-OH is 1. The van der Waals surface area contributed by atoms with E-state index in [1.807, 2.05) is 13.8 Å². The summed E-state index contributed by atoms with van der Waals surface area (Å²) in [4.78, 5) is 2.13. The zero-order valence-electron chi connectivity index (χ0n) is 12.1. The number of hydrogen-bond donors (Lipinski definition) is 1. The number of likely N-dealkylation sites (N-methyl/N-ethyl adjacent to an activating group) is 1. The van der Waals surface area contributed by atoms with Crippen molar-refractivity contribution in [2.45, 2.75) is 26.4 Å². The molecule has 0 aliphatic carbocycles. The first-order valence-electron chi connectivity index (χ1n) is 7.01. The van der Waals surface area contributed by atoms with Crippen molar-refractivity contribution in [3.05, 3.63) is 35.4 Å². The topological polar surface area (TPSA) is 32.7 Å². The van der Waals surface area contributed by atoms with Crippen LogP contribution in [0.3, 0.4) is 0 Å². The summed E-state index contributed by atoms with van der Waals surface area (Å²) >= 11 is 0. The lowest BCUT2D eigenvalue weighted by molar-refractivity contribution is 0.100. The number of nitrogens with zero attached hydrogens (tertiary/aromatic N) is 1. The molecule has 114 valence electrons. The van der Waals surface area contributed by atoms with Gasteiger partial charge < -0.3 is 14.7 Å². The Morgan fingerprint density at radius 3 is 2.35 bits per heavy atom. The molecule has 0 fully saturated rings. The first kappa shape index (κ1) is 17.0. The Morgan fingerprint density at radius 2 is 1.80 bits per heavy atom. The number of ether oxygens (including phenoxy) is 1. The van der Waals surface area contributed by atoms with Crippen molar-refractivity contribution in [2.24, 2.45) is 0 Å². The van der Waals surface area contributed by atoms with E-state index in [9.17, 15) is 13.9 Å². The van der Waals surface area contributed by atoms with E-state index in [2.05, 4.69) is 4.90 Å². The summed E-state index contributed by atoms with van der Waals surface area (Å²) in [5.41, 5.74) is 0.281. The Kier molecular flexibility index (Phi) is 7.65. The fourth-order valence-electron chi connectivity index (χ4n) is 2.01. The van der Waals surface area contributed by atoms with Crippen LogP contribution in [0.4, 0.5) is 8.78 Å². The van der Waals surface area contributed by atoms with Gasteiger partial charge in [0.25, 0.3) is 0 Å². The summed E-state index contributed by atoms with van der Waals surface area (Å²) in [7, 11) is 0. The molecule has 5 heteroatoms. The van der Waals surface area contributed by atoms with Gasteiger partial charge in [0.1, 0.15) is 11.6 Å². The molecule has 0 bridgehead atoms. The van der Waals surface area contributed by atoms with Gasteiger partial charge in [-0.05, 0) is 37.6 Å². The molecule has 1 aromatic rings. The molecule has 3 nitrogen and oxygen atoms in total. The minimum atomic E-state index is -0.860. The third kappa shape index (κ3) is 5.94. The van der Waals surface area contributed by atoms with Gasteiger partial charge in [-0.2, -0.15) is 0 Å². The highest BCUT2D eigenvalue weighted by molar-refractivity contribution is 5.20.